The molecule has 0 aliphatic heterocycles. The van der Waals surface area contributed by atoms with E-state index in [0.717, 1.165) is 18.4 Å². The number of phenolic OH excluding ortho intramolecular Hbond substituents is 1. The first-order valence-electron chi connectivity index (χ1n) is 7.51. The van der Waals surface area contributed by atoms with Crippen LogP contribution in [0.5, 0.6) is 5.75 Å². The molecule has 3 N–H and O–H groups in total. The van der Waals surface area contributed by atoms with Gasteiger partial charge in [0.25, 0.3) is 5.91 Å². The standard InChI is InChI=1S/C17H25NO3/c1-12-4-5-13(14(19)10-12)15(20)18-11-17(21)8-6-16(2,3)7-9-17/h4-5,10,19,21H,6-9,11H2,1-3H3,(H,18,20). The maximum absolute atomic E-state index is 12.1. The molecule has 4 heteroatoms. The molecule has 0 radical (unpaired) electrons. The number of aliphatic hydroxyl groups is 1. The number of nitrogens with one attached hydrogen (secondary N) is 1. The van der Waals surface area contributed by atoms with E-state index in [0.29, 0.717) is 12.8 Å². The van der Waals surface area contributed by atoms with Gasteiger partial charge in [0.15, 0.2) is 0 Å². The van der Waals surface area contributed by atoms with Crippen molar-refractivity contribution < 1.29 is 15.0 Å². The lowest BCUT2D eigenvalue weighted by molar-refractivity contribution is -0.0233. The van der Waals surface area contributed by atoms with Crippen molar-refractivity contribution in [1.29, 1.82) is 0 Å². The van der Waals surface area contributed by atoms with Gasteiger partial charge in [-0.25, -0.2) is 0 Å². The van der Waals surface area contributed by atoms with Crippen LogP contribution in [0.25, 0.3) is 0 Å². The van der Waals surface area contributed by atoms with E-state index >= 15 is 0 Å². The van der Waals surface area contributed by atoms with Gasteiger partial charge in [-0.15, -0.1) is 0 Å². The van der Waals surface area contributed by atoms with Crippen LogP contribution in [0.3, 0.4) is 0 Å². The van der Waals surface area contributed by atoms with Gasteiger partial charge in [-0.1, -0.05) is 19.9 Å². The Morgan fingerprint density at radius 2 is 1.86 bits per heavy atom. The second kappa shape index (κ2) is 5.68. The molecule has 0 aromatic heterocycles. The predicted molar refractivity (Wildman–Crippen MR) is 82.4 cm³/mol. The predicted octanol–water partition coefficient (Wildman–Crippen LogP) is 2.76. The number of amides is 1. The summed E-state index contributed by atoms with van der Waals surface area (Å²) in [5.41, 5.74) is 0.592. The third-order valence-electron chi connectivity index (χ3n) is 4.51. The summed E-state index contributed by atoms with van der Waals surface area (Å²) in [5.74, 6) is -0.366. The minimum absolute atomic E-state index is 0.0238. The van der Waals surface area contributed by atoms with Gasteiger partial charge < -0.3 is 15.5 Å². The highest BCUT2D eigenvalue weighted by molar-refractivity contribution is 5.96. The molecule has 1 aromatic carbocycles. The van der Waals surface area contributed by atoms with Crippen LogP contribution in [0.15, 0.2) is 18.2 Å². The Hall–Kier alpha value is -1.55. The maximum atomic E-state index is 12.1. The summed E-state index contributed by atoms with van der Waals surface area (Å²) in [6, 6.07) is 4.95. The number of hydrogen-bond acceptors (Lipinski definition) is 3. The number of benzene rings is 1. The number of carbonyl (C=O) groups excluding carboxylic acids is 1. The minimum atomic E-state index is -0.828. The van der Waals surface area contributed by atoms with Crippen LogP contribution in [0, 0.1) is 12.3 Å². The van der Waals surface area contributed by atoms with Crippen LogP contribution < -0.4 is 5.32 Å². The third-order valence-corrected chi connectivity index (χ3v) is 4.51. The van der Waals surface area contributed by atoms with E-state index in [2.05, 4.69) is 19.2 Å². The molecule has 0 atom stereocenters. The van der Waals surface area contributed by atoms with Gasteiger partial charge in [-0.2, -0.15) is 0 Å². The Morgan fingerprint density at radius 1 is 1.24 bits per heavy atom. The largest absolute Gasteiger partial charge is 0.507 e. The number of phenols is 1. The van der Waals surface area contributed by atoms with E-state index in [1.54, 1.807) is 18.2 Å². The fraction of sp³-hybridized carbons (Fsp3) is 0.588. The average molecular weight is 291 g/mol. The number of rotatable bonds is 3. The quantitative estimate of drug-likeness (QED) is 0.802. The molecule has 0 saturated heterocycles. The molecule has 1 fully saturated rings. The minimum Gasteiger partial charge on any atom is -0.507 e. The molecule has 1 aromatic rings. The van der Waals surface area contributed by atoms with Crippen LogP contribution in [0.1, 0.15) is 55.5 Å². The van der Waals surface area contributed by atoms with E-state index in [4.69, 9.17) is 0 Å². The van der Waals surface area contributed by atoms with Crippen LogP contribution >= 0.6 is 0 Å². The van der Waals surface area contributed by atoms with E-state index in [-0.39, 0.29) is 29.2 Å². The van der Waals surface area contributed by atoms with Crippen molar-refractivity contribution >= 4 is 5.91 Å². The Balaban J connectivity index is 1.95. The smallest absolute Gasteiger partial charge is 0.255 e. The summed E-state index contributed by atoms with van der Waals surface area (Å²) in [7, 11) is 0. The molecule has 1 aliphatic carbocycles. The molecule has 2 rings (SSSR count). The van der Waals surface area contributed by atoms with Crippen molar-refractivity contribution in [2.75, 3.05) is 6.54 Å². The molecular weight excluding hydrogens is 266 g/mol. The molecule has 21 heavy (non-hydrogen) atoms. The van der Waals surface area contributed by atoms with Crippen LogP contribution in [0.2, 0.25) is 0 Å². The second-order valence-electron chi connectivity index (χ2n) is 7.09. The highest BCUT2D eigenvalue weighted by atomic mass is 16.3. The molecule has 116 valence electrons. The molecule has 1 aliphatic rings. The Morgan fingerprint density at radius 3 is 2.43 bits per heavy atom. The van der Waals surface area contributed by atoms with Crippen molar-refractivity contribution in [2.45, 2.75) is 52.1 Å². The van der Waals surface area contributed by atoms with Crippen molar-refractivity contribution in [3.63, 3.8) is 0 Å². The summed E-state index contributed by atoms with van der Waals surface area (Å²) in [6.07, 6.45) is 3.30. The van der Waals surface area contributed by atoms with Gasteiger partial charge in [-0.3, -0.25) is 4.79 Å². The van der Waals surface area contributed by atoms with Gasteiger partial charge in [-0.05, 0) is 55.7 Å². The zero-order valence-electron chi connectivity index (χ0n) is 13.1. The lowest BCUT2D eigenvalue weighted by atomic mass is 9.71. The van der Waals surface area contributed by atoms with Gasteiger partial charge in [0, 0.05) is 6.54 Å². The monoisotopic (exact) mass is 291 g/mol. The lowest BCUT2D eigenvalue weighted by Crippen LogP contribution is -2.46. The molecule has 4 nitrogen and oxygen atoms in total. The normalized spacial score (nSPS) is 20.0. The molecule has 0 heterocycles. The molecule has 0 spiro atoms. The Bertz CT molecular complexity index is 527. The van der Waals surface area contributed by atoms with Crippen LogP contribution in [-0.4, -0.2) is 28.3 Å². The van der Waals surface area contributed by atoms with E-state index < -0.39 is 5.60 Å². The van der Waals surface area contributed by atoms with E-state index in [9.17, 15) is 15.0 Å². The third kappa shape index (κ3) is 3.97. The topological polar surface area (TPSA) is 69.6 Å². The summed E-state index contributed by atoms with van der Waals surface area (Å²) in [4.78, 5) is 12.1. The van der Waals surface area contributed by atoms with Gasteiger partial charge in [0.1, 0.15) is 5.75 Å². The summed E-state index contributed by atoms with van der Waals surface area (Å²) < 4.78 is 0. The Labute approximate surface area is 126 Å². The molecule has 0 bridgehead atoms. The average Bonchev–Trinajstić information content (AvgIpc) is 2.40. The van der Waals surface area contributed by atoms with E-state index in [1.165, 1.54) is 0 Å². The van der Waals surface area contributed by atoms with Crippen molar-refractivity contribution in [1.82, 2.24) is 5.32 Å². The molecule has 1 saturated carbocycles. The first-order chi connectivity index (χ1) is 9.71. The summed E-state index contributed by atoms with van der Waals surface area (Å²) >= 11 is 0. The van der Waals surface area contributed by atoms with Gasteiger partial charge >= 0.3 is 0 Å². The van der Waals surface area contributed by atoms with Crippen molar-refractivity contribution in [2.24, 2.45) is 5.41 Å². The summed E-state index contributed by atoms with van der Waals surface area (Å²) in [6.45, 7) is 6.49. The highest BCUT2D eigenvalue weighted by Gasteiger charge is 2.36. The second-order valence-corrected chi connectivity index (χ2v) is 7.09. The zero-order chi connectivity index (χ0) is 15.7. The number of aryl methyl sites for hydroxylation is 1. The van der Waals surface area contributed by atoms with Crippen molar-refractivity contribution in [3.05, 3.63) is 29.3 Å². The first-order valence-corrected chi connectivity index (χ1v) is 7.51. The fourth-order valence-electron chi connectivity index (χ4n) is 2.74. The SMILES string of the molecule is Cc1ccc(C(=O)NCC2(O)CCC(C)(C)CC2)c(O)c1. The van der Waals surface area contributed by atoms with Crippen LogP contribution in [-0.2, 0) is 0 Å². The van der Waals surface area contributed by atoms with Gasteiger partial charge in [0.2, 0.25) is 0 Å². The highest BCUT2D eigenvalue weighted by Crippen LogP contribution is 2.39. The zero-order valence-corrected chi connectivity index (χ0v) is 13.1. The molecule has 0 unspecified atom stereocenters. The Kier molecular flexibility index (Phi) is 4.28. The molecular formula is C17H25NO3. The van der Waals surface area contributed by atoms with Gasteiger partial charge in [0.05, 0.1) is 11.2 Å². The number of hydrogen-bond donors (Lipinski definition) is 3. The lowest BCUT2D eigenvalue weighted by Gasteiger charge is -2.40. The number of carbonyl (C=O) groups is 1. The van der Waals surface area contributed by atoms with Crippen LogP contribution in [0.4, 0.5) is 0 Å². The van der Waals surface area contributed by atoms with Crippen molar-refractivity contribution in [3.8, 4) is 5.75 Å². The fourth-order valence-corrected chi connectivity index (χ4v) is 2.74. The number of aromatic hydroxyl groups is 1. The summed E-state index contributed by atoms with van der Waals surface area (Å²) in [5, 5.41) is 23.1. The first kappa shape index (κ1) is 15.8. The molecule has 1 amide bonds. The van der Waals surface area contributed by atoms with E-state index in [1.807, 2.05) is 6.92 Å². The maximum Gasteiger partial charge on any atom is 0.255 e.